The molecule has 0 spiro atoms. The number of nitrogens with zero attached hydrogens (tertiary/aromatic N) is 2. The van der Waals surface area contributed by atoms with Crippen molar-refractivity contribution in [3.8, 4) is 17.3 Å². The van der Waals surface area contributed by atoms with E-state index < -0.39 is 0 Å². The number of rotatable bonds is 4. The lowest BCUT2D eigenvalue weighted by Gasteiger charge is -2.06. The summed E-state index contributed by atoms with van der Waals surface area (Å²) in [6.45, 7) is 4.03. The van der Waals surface area contributed by atoms with Crippen molar-refractivity contribution in [2.75, 3.05) is 5.32 Å². The van der Waals surface area contributed by atoms with Gasteiger partial charge in [-0.05, 0) is 55.3 Å². The lowest BCUT2D eigenvalue weighted by Crippen LogP contribution is -1.94. The van der Waals surface area contributed by atoms with Crippen molar-refractivity contribution in [3.05, 3.63) is 76.0 Å². The van der Waals surface area contributed by atoms with Crippen LogP contribution in [-0.2, 0) is 0 Å². The number of benzene rings is 2. The molecule has 0 unspecified atom stereocenters. The van der Waals surface area contributed by atoms with Crippen LogP contribution in [0.2, 0.25) is 0 Å². The topological polar surface area (TPSA) is 48.7 Å². The lowest BCUT2D eigenvalue weighted by molar-refractivity contribution is 0.628. The molecule has 1 aromatic heterocycles. The van der Waals surface area contributed by atoms with E-state index in [4.69, 9.17) is 0 Å². The van der Waals surface area contributed by atoms with Gasteiger partial charge in [-0.1, -0.05) is 12.1 Å². The highest BCUT2D eigenvalue weighted by atomic mass is 32.1. The fourth-order valence-electron chi connectivity index (χ4n) is 2.33. The molecule has 0 aliphatic rings. The van der Waals surface area contributed by atoms with Crippen molar-refractivity contribution in [2.45, 2.75) is 13.8 Å². The smallest absolute Gasteiger partial charge is 0.136 e. The molecule has 0 aliphatic carbocycles. The SMILES string of the molecule is Cc1ccc(C)c(N/C=C(/C#N)c2nc(-c3ccc(F)cc3)cs2)c1. The minimum Gasteiger partial charge on any atom is -0.360 e. The first-order chi connectivity index (χ1) is 12.1. The molecule has 2 aromatic carbocycles. The van der Waals surface area contributed by atoms with Gasteiger partial charge in [0, 0.05) is 22.8 Å². The number of hydrogen-bond acceptors (Lipinski definition) is 4. The van der Waals surface area contributed by atoms with E-state index in [9.17, 15) is 9.65 Å². The molecule has 3 rings (SSSR count). The molecule has 0 bridgehead atoms. The maximum Gasteiger partial charge on any atom is 0.136 e. The number of aryl methyl sites for hydroxylation is 2. The van der Waals surface area contributed by atoms with Crippen LogP contribution in [0.15, 0.2) is 54.0 Å². The van der Waals surface area contributed by atoms with E-state index in [0.29, 0.717) is 10.6 Å². The first kappa shape index (κ1) is 16.9. The van der Waals surface area contributed by atoms with Crippen molar-refractivity contribution in [1.29, 1.82) is 5.26 Å². The predicted octanol–water partition coefficient (Wildman–Crippen LogP) is 5.54. The van der Waals surface area contributed by atoms with Crippen LogP contribution in [0.25, 0.3) is 16.8 Å². The summed E-state index contributed by atoms with van der Waals surface area (Å²) >= 11 is 1.39. The van der Waals surface area contributed by atoms with E-state index >= 15 is 0 Å². The molecule has 0 saturated heterocycles. The number of nitriles is 1. The third-order valence-corrected chi connectivity index (χ3v) is 4.64. The van der Waals surface area contributed by atoms with Crippen molar-refractivity contribution < 1.29 is 4.39 Å². The van der Waals surface area contributed by atoms with Crippen molar-refractivity contribution >= 4 is 22.6 Å². The number of allylic oxidation sites excluding steroid dienone is 1. The molecule has 0 radical (unpaired) electrons. The van der Waals surface area contributed by atoms with E-state index in [1.807, 2.05) is 37.4 Å². The Labute approximate surface area is 150 Å². The quantitative estimate of drug-likeness (QED) is 0.629. The minimum absolute atomic E-state index is 0.283. The zero-order valence-corrected chi connectivity index (χ0v) is 14.7. The molecule has 0 fully saturated rings. The zero-order valence-electron chi connectivity index (χ0n) is 13.9. The van der Waals surface area contributed by atoms with Crippen LogP contribution >= 0.6 is 11.3 Å². The number of thiazole rings is 1. The molecule has 124 valence electrons. The molecule has 3 nitrogen and oxygen atoms in total. The summed E-state index contributed by atoms with van der Waals surface area (Å²) < 4.78 is 13.0. The molecule has 0 atom stereocenters. The van der Waals surface area contributed by atoms with Gasteiger partial charge in [0.1, 0.15) is 22.5 Å². The molecule has 0 saturated carbocycles. The second-order valence-electron chi connectivity index (χ2n) is 5.68. The number of aromatic nitrogens is 1. The van der Waals surface area contributed by atoms with Gasteiger partial charge in [-0.2, -0.15) is 5.26 Å². The van der Waals surface area contributed by atoms with Crippen LogP contribution < -0.4 is 5.32 Å². The summed E-state index contributed by atoms with van der Waals surface area (Å²) in [5.74, 6) is -0.283. The van der Waals surface area contributed by atoms with Gasteiger partial charge in [0.05, 0.1) is 5.69 Å². The Morgan fingerprint density at radius 3 is 2.68 bits per heavy atom. The largest absolute Gasteiger partial charge is 0.360 e. The zero-order chi connectivity index (χ0) is 17.8. The average Bonchev–Trinajstić information content (AvgIpc) is 3.09. The molecular formula is C20H16FN3S. The van der Waals surface area contributed by atoms with Crippen LogP contribution in [0.1, 0.15) is 16.1 Å². The Bertz CT molecular complexity index is 965. The highest BCUT2D eigenvalue weighted by Crippen LogP contribution is 2.26. The van der Waals surface area contributed by atoms with E-state index in [1.54, 1.807) is 18.3 Å². The van der Waals surface area contributed by atoms with Gasteiger partial charge < -0.3 is 5.32 Å². The molecule has 5 heteroatoms. The van der Waals surface area contributed by atoms with Gasteiger partial charge in [0.25, 0.3) is 0 Å². The third-order valence-electron chi connectivity index (χ3n) is 3.76. The van der Waals surface area contributed by atoms with Crippen LogP contribution in [0.3, 0.4) is 0 Å². The summed E-state index contributed by atoms with van der Waals surface area (Å²) in [7, 11) is 0. The second kappa shape index (κ2) is 7.29. The normalized spacial score (nSPS) is 11.2. The monoisotopic (exact) mass is 349 g/mol. The first-order valence-corrected chi connectivity index (χ1v) is 8.60. The molecular weight excluding hydrogens is 333 g/mol. The van der Waals surface area contributed by atoms with Gasteiger partial charge in [0.15, 0.2) is 0 Å². The standard InChI is InChI=1S/C20H16FN3S/c1-13-3-4-14(2)18(9-13)23-11-16(10-22)20-24-19(12-25-20)15-5-7-17(21)8-6-15/h3-9,11-12,23H,1-2H3/b16-11-. The maximum absolute atomic E-state index is 13.0. The molecule has 3 aromatic rings. The fourth-order valence-corrected chi connectivity index (χ4v) is 3.13. The summed E-state index contributed by atoms with van der Waals surface area (Å²) in [5.41, 5.74) is 5.22. The molecule has 0 amide bonds. The summed E-state index contributed by atoms with van der Waals surface area (Å²) in [4.78, 5) is 4.50. The van der Waals surface area contributed by atoms with E-state index in [2.05, 4.69) is 16.4 Å². The molecule has 1 heterocycles. The van der Waals surface area contributed by atoms with Crippen LogP contribution in [0.4, 0.5) is 10.1 Å². The predicted molar refractivity (Wildman–Crippen MR) is 101 cm³/mol. The fraction of sp³-hybridized carbons (Fsp3) is 0.100. The van der Waals surface area contributed by atoms with E-state index in [-0.39, 0.29) is 5.82 Å². The summed E-state index contributed by atoms with van der Waals surface area (Å²) in [5, 5.41) is 15.1. The van der Waals surface area contributed by atoms with Crippen molar-refractivity contribution in [2.24, 2.45) is 0 Å². The maximum atomic E-state index is 13.0. The number of halogens is 1. The molecule has 1 N–H and O–H groups in total. The van der Waals surface area contributed by atoms with Gasteiger partial charge >= 0.3 is 0 Å². The second-order valence-corrected chi connectivity index (χ2v) is 6.54. The van der Waals surface area contributed by atoms with Gasteiger partial charge in [-0.3, -0.25) is 0 Å². The van der Waals surface area contributed by atoms with Crippen molar-refractivity contribution in [1.82, 2.24) is 4.98 Å². The third kappa shape index (κ3) is 3.93. The molecule has 0 aliphatic heterocycles. The van der Waals surface area contributed by atoms with Crippen LogP contribution in [-0.4, -0.2) is 4.98 Å². The van der Waals surface area contributed by atoms with Crippen LogP contribution in [0.5, 0.6) is 0 Å². The first-order valence-electron chi connectivity index (χ1n) is 7.73. The van der Waals surface area contributed by atoms with Crippen molar-refractivity contribution in [3.63, 3.8) is 0 Å². The average molecular weight is 349 g/mol. The minimum atomic E-state index is -0.283. The van der Waals surface area contributed by atoms with Gasteiger partial charge in [0.2, 0.25) is 0 Å². The Morgan fingerprint density at radius 2 is 1.96 bits per heavy atom. The number of hydrogen-bond donors (Lipinski definition) is 1. The van der Waals surface area contributed by atoms with Gasteiger partial charge in [-0.25, -0.2) is 9.37 Å². The lowest BCUT2D eigenvalue weighted by atomic mass is 10.1. The highest BCUT2D eigenvalue weighted by molar-refractivity contribution is 7.11. The Kier molecular flexibility index (Phi) is 4.92. The Balaban J connectivity index is 1.85. The van der Waals surface area contributed by atoms with E-state index in [0.717, 1.165) is 28.1 Å². The van der Waals surface area contributed by atoms with E-state index in [1.165, 1.54) is 23.5 Å². The van der Waals surface area contributed by atoms with Crippen LogP contribution in [0, 0.1) is 31.0 Å². The highest BCUT2D eigenvalue weighted by Gasteiger charge is 2.09. The Hall–Kier alpha value is -2.97. The van der Waals surface area contributed by atoms with Gasteiger partial charge in [-0.15, -0.1) is 11.3 Å². The number of nitrogens with one attached hydrogen (secondary N) is 1. The summed E-state index contributed by atoms with van der Waals surface area (Å²) in [6, 6.07) is 14.5. The molecule has 25 heavy (non-hydrogen) atoms. The summed E-state index contributed by atoms with van der Waals surface area (Å²) in [6.07, 6.45) is 1.68. The Morgan fingerprint density at radius 1 is 1.20 bits per heavy atom. The number of anilines is 1.